The molecule has 2 heterocycles. The third-order valence-electron chi connectivity index (χ3n) is 7.22. The van der Waals surface area contributed by atoms with Gasteiger partial charge in [-0.05, 0) is 60.4 Å². The van der Waals surface area contributed by atoms with E-state index in [9.17, 15) is 27.9 Å². The van der Waals surface area contributed by atoms with Crippen LogP contribution in [0.5, 0.6) is 0 Å². The van der Waals surface area contributed by atoms with Crippen molar-refractivity contribution in [3.63, 3.8) is 0 Å². The number of benzene rings is 2. The summed E-state index contributed by atoms with van der Waals surface area (Å²) in [4.78, 5) is 29.8. The third kappa shape index (κ3) is 6.97. The van der Waals surface area contributed by atoms with E-state index in [1.807, 2.05) is 32.1 Å². The Hall–Kier alpha value is -4.02. The quantitative estimate of drug-likeness (QED) is 0.204. The van der Waals surface area contributed by atoms with Crippen LogP contribution in [0.3, 0.4) is 0 Å². The molecule has 0 radical (unpaired) electrons. The molecule has 0 bridgehead atoms. The molecular weight excluding hydrogens is 581 g/mol. The van der Waals surface area contributed by atoms with Gasteiger partial charge in [0.1, 0.15) is 0 Å². The summed E-state index contributed by atoms with van der Waals surface area (Å²) in [7, 11) is 0. The van der Waals surface area contributed by atoms with Crippen molar-refractivity contribution in [2.45, 2.75) is 33.2 Å². The highest BCUT2D eigenvalue weighted by Crippen LogP contribution is 2.47. The molecule has 2 aliphatic heterocycles. The van der Waals surface area contributed by atoms with Crippen LogP contribution in [0.1, 0.15) is 26.3 Å². The number of nitrogens with two attached hydrogens (primary N) is 1. The van der Waals surface area contributed by atoms with Crippen molar-refractivity contribution in [2.75, 3.05) is 35.2 Å². The largest absolute Gasteiger partial charge is 0.417 e. The Kier molecular flexibility index (Phi) is 9.41. The van der Waals surface area contributed by atoms with Gasteiger partial charge in [-0.15, -0.1) is 0 Å². The van der Waals surface area contributed by atoms with E-state index >= 15 is 0 Å². The van der Waals surface area contributed by atoms with Gasteiger partial charge in [-0.1, -0.05) is 56.3 Å². The van der Waals surface area contributed by atoms with E-state index < -0.39 is 23.9 Å². The second kappa shape index (κ2) is 12.7. The van der Waals surface area contributed by atoms with E-state index in [2.05, 4.69) is 6.58 Å². The lowest BCUT2D eigenvalue weighted by atomic mass is 9.95. The number of carbonyl (C=O) groups excluding carboxylic acids is 2. The lowest BCUT2D eigenvalue weighted by molar-refractivity contribution is -0.137. The number of alkyl halides is 3. The lowest BCUT2D eigenvalue weighted by Crippen LogP contribution is -2.58. The Bertz CT molecular complexity index is 1510. The predicted octanol–water partition coefficient (Wildman–Crippen LogP) is 6.40. The first-order chi connectivity index (χ1) is 20.2. The molecule has 1 unspecified atom stereocenters. The molecule has 7 nitrogen and oxygen atoms in total. The van der Waals surface area contributed by atoms with Gasteiger partial charge in [-0.25, -0.2) is 0 Å². The summed E-state index contributed by atoms with van der Waals surface area (Å²) in [6.45, 7) is 10.3. The van der Waals surface area contributed by atoms with Crippen LogP contribution in [0.4, 0.5) is 30.2 Å². The number of aliphatic hydroxyl groups excluding tert-OH is 1. The van der Waals surface area contributed by atoms with Gasteiger partial charge >= 0.3 is 6.18 Å². The van der Waals surface area contributed by atoms with Crippen molar-refractivity contribution in [2.24, 2.45) is 11.8 Å². The van der Waals surface area contributed by atoms with Crippen LogP contribution < -0.4 is 15.5 Å². The molecule has 0 aromatic heterocycles. The number of aliphatic hydroxyl groups is 1. The minimum atomic E-state index is -4.69. The molecule has 0 saturated carbocycles. The van der Waals surface area contributed by atoms with Crippen LogP contribution in [-0.2, 0) is 15.8 Å². The van der Waals surface area contributed by atoms with Crippen LogP contribution in [0.2, 0.25) is 5.02 Å². The standard InChI is InChI=1S/C32H34ClF3N4O3/c1-5-29(41)38-16-21(17-38)18-40-28-14-26(33)24(23-12-22(37)10-11-25(23)32(34,35)36)13-27(28)39(30(42)31(40)43)15-20(4)9-7-6-8-19(2)3/h5-15,19,21,31,43H,1,16-18,37H2,2-4H3/b8-6+,9-7-,20-15+. The maximum absolute atomic E-state index is 14.0. The Morgan fingerprint density at radius 3 is 2.49 bits per heavy atom. The normalized spacial score (nSPS) is 18.2. The van der Waals surface area contributed by atoms with E-state index in [0.717, 1.165) is 12.1 Å². The van der Waals surface area contributed by atoms with Crippen LogP contribution in [0.15, 0.2) is 79.1 Å². The van der Waals surface area contributed by atoms with Crippen molar-refractivity contribution in [1.29, 1.82) is 0 Å². The number of allylic oxidation sites excluding steroid dienone is 5. The molecule has 2 aromatic rings. The molecule has 2 aliphatic rings. The summed E-state index contributed by atoms with van der Waals surface area (Å²) < 4.78 is 42.0. The minimum absolute atomic E-state index is 0.0159. The van der Waals surface area contributed by atoms with Crippen molar-refractivity contribution in [3.05, 3.63) is 89.7 Å². The molecule has 1 saturated heterocycles. The maximum atomic E-state index is 14.0. The average Bonchev–Trinajstić information content (AvgIpc) is 2.91. The molecular formula is C32H34ClF3N4O3. The number of halogens is 4. The van der Waals surface area contributed by atoms with Gasteiger partial charge in [0.2, 0.25) is 12.1 Å². The van der Waals surface area contributed by atoms with Gasteiger partial charge in [0, 0.05) is 43.0 Å². The van der Waals surface area contributed by atoms with Crippen LogP contribution in [-0.4, -0.2) is 47.7 Å². The van der Waals surface area contributed by atoms with Gasteiger partial charge in [0.05, 0.1) is 22.0 Å². The summed E-state index contributed by atoms with van der Waals surface area (Å²) >= 11 is 6.63. The topological polar surface area (TPSA) is 90.1 Å². The third-order valence-corrected chi connectivity index (χ3v) is 7.54. The van der Waals surface area contributed by atoms with Crippen molar-refractivity contribution in [1.82, 2.24) is 4.90 Å². The number of hydrogen-bond donors (Lipinski definition) is 2. The molecule has 11 heteroatoms. The number of nitrogens with zero attached hydrogens (tertiary/aromatic N) is 3. The van der Waals surface area contributed by atoms with Crippen LogP contribution >= 0.6 is 11.6 Å². The highest BCUT2D eigenvalue weighted by molar-refractivity contribution is 6.34. The van der Waals surface area contributed by atoms with Gasteiger partial charge < -0.3 is 20.6 Å². The number of rotatable bonds is 8. The molecule has 0 aliphatic carbocycles. The highest BCUT2D eigenvalue weighted by atomic mass is 35.5. The van der Waals surface area contributed by atoms with E-state index in [0.29, 0.717) is 30.3 Å². The Labute approximate surface area is 254 Å². The van der Waals surface area contributed by atoms with E-state index in [1.54, 1.807) is 17.9 Å². The zero-order chi connectivity index (χ0) is 31.6. The fraction of sp³-hybridized carbons (Fsp3) is 0.312. The number of amides is 2. The molecule has 2 aromatic carbocycles. The molecule has 3 N–H and O–H groups in total. The Morgan fingerprint density at radius 1 is 1.16 bits per heavy atom. The molecule has 1 fully saturated rings. The monoisotopic (exact) mass is 614 g/mol. The summed E-state index contributed by atoms with van der Waals surface area (Å²) in [5.41, 5.74) is 6.11. The fourth-order valence-corrected chi connectivity index (χ4v) is 5.32. The molecule has 43 heavy (non-hydrogen) atoms. The second-order valence-corrected chi connectivity index (χ2v) is 11.4. The average molecular weight is 615 g/mol. The molecule has 4 rings (SSSR count). The fourth-order valence-electron chi connectivity index (χ4n) is 5.07. The SMILES string of the molecule is C=CC(=O)N1CC(CN2c3cc(Cl)c(-c4cc(N)ccc4C(F)(F)F)cc3N(/C=C(C)/C=C\C=C\C(C)C)C(=O)C2O)C1. The summed E-state index contributed by atoms with van der Waals surface area (Å²) in [5, 5.41) is 11.2. The first-order valence-corrected chi connectivity index (χ1v) is 14.1. The maximum Gasteiger partial charge on any atom is 0.417 e. The number of hydrogen-bond acceptors (Lipinski definition) is 5. The molecule has 0 spiro atoms. The van der Waals surface area contributed by atoms with Crippen molar-refractivity contribution >= 4 is 40.5 Å². The molecule has 2 amide bonds. The summed E-state index contributed by atoms with van der Waals surface area (Å²) in [6, 6.07) is 6.12. The van der Waals surface area contributed by atoms with E-state index in [-0.39, 0.29) is 45.9 Å². The van der Waals surface area contributed by atoms with Crippen LogP contribution in [0.25, 0.3) is 11.1 Å². The summed E-state index contributed by atoms with van der Waals surface area (Å²) in [6.07, 6.45) is 3.92. The van der Waals surface area contributed by atoms with Gasteiger partial charge in [-0.2, -0.15) is 13.2 Å². The summed E-state index contributed by atoms with van der Waals surface area (Å²) in [5.74, 6) is -0.624. The first-order valence-electron chi connectivity index (χ1n) is 13.7. The predicted molar refractivity (Wildman–Crippen MR) is 164 cm³/mol. The van der Waals surface area contributed by atoms with Crippen molar-refractivity contribution < 1.29 is 27.9 Å². The second-order valence-electron chi connectivity index (χ2n) is 11.0. The van der Waals surface area contributed by atoms with Gasteiger partial charge in [-0.3, -0.25) is 14.5 Å². The van der Waals surface area contributed by atoms with Crippen LogP contribution in [0, 0.1) is 11.8 Å². The smallest absolute Gasteiger partial charge is 0.399 e. The first kappa shape index (κ1) is 31.9. The number of fused-ring (bicyclic) bond motifs is 1. The molecule has 1 atom stereocenters. The zero-order valence-corrected chi connectivity index (χ0v) is 24.9. The molecule has 228 valence electrons. The van der Waals surface area contributed by atoms with E-state index in [1.165, 1.54) is 40.3 Å². The lowest BCUT2D eigenvalue weighted by Gasteiger charge is -2.45. The Balaban J connectivity index is 1.83. The Morgan fingerprint density at radius 2 is 1.86 bits per heavy atom. The minimum Gasteiger partial charge on any atom is -0.399 e. The number of nitrogen functional groups attached to an aromatic ring is 1. The van der Waals surface area contributed by atoms with Gasteiger partial charge in [0.15, 0.2) is 0 Å². The number of likely N-dealkylation sites (tertiary alicyclic amines) is 1. The number of anilines is 3. The van der Waals surface area contributed by atoms with Crippen molar-refractivity contribution in [3.8, 4) is 11.1 Å². The zero-order valence-electron chi connectivity index (χ0n) is 24.1. The number of carbonyl (C=O) groups is 2. The highest BCUT2D eigenvalue weighted by Gasteiger charge is 2.41. The van der Waals surface area contributed by atoms with E-state index in [4.69, 9.17) is 17.3 Å². The van der Waals surface area contributed by atoms with Gasteiger partial charge in [0.25, 0.3) is 5.91 Å².